The number of rotatable bonds is 2. The van der Waals surface area contributed by atoms with Gasteiger partial charge in [-0.05, 0) is 18.2 Å². The molecule has 0 bridgehead atoms. The first-order valence-corrected chi connectivity index (χ1v) is 5.93. The largest absolute Gasteiger partial charge is 0.417 e. The van der Waals surface area contributed by atoms with Crippen molar-refractivity contribution >= 4 is 17.3 Å². The minimum Gasteiger partial charge on any atom is -0.398 e. The van der Waals surface area contributed by atoms with E-state index in [0.29, 0.717) is 16.8 Å². The zero-order chi connectivity index (χ0) is 14.9. The van der Waals surface area contributed by atoms with E-state index < -0.39 is 11.7 Å². The molecule has 1 heterocycles. The summed E-state index contributed by atoms with van der Waals surface area (Å²) in [4.78, 5) is 3.75. The maximum atomic E-state index is 12.5. The molecule has 0 radical (unpaired) electrons. The van der Waals surface area contributed by atoms with Crippen LogP contribution in [0.15, 0.2) is 30.5 Å². The molecule has 2 aromatic rings. The van der Waals surface area contributed by atoms with Crippen LogP contribution in [-0.2, 0) is 12.8 Å². The number of hydrogen-bond acceptors (Lipinski definition) is 3. The van der Waals surface area contributed by atoms with Gasteiger partial charge in [0.05, 0.1) is 22.9 Å². The Bertz CT molecular complexity index is 644. The SMILES string of the molecule is Nc1ccc(-c2ncc(C(F)(F)F)cc2Cl)cc1CO. The van der Waals surface area contributed by atoms with Gasteiger partial charge in [0.15, 0.2) is 0 Å². The minimum atomic E-state index is -4.49. The van der Waals surface area contributed by atoms with Crippen LogP contribution in [-0.4, -0.2) is 10.1 Å². The first-order chi connectivity index (χ1) is 9.32. The highest BCUT2D eigenvalue weighted by Gasteiger charge is 2.31. The van der Waals surface area contributed by atoms with Crippen LogP contribution >= 0.6 is 11.6 Å². The molecule has 106 valence electrons. The monoisotopic (exact) mass is 302 g/mol. The van der Waals surface area contributed by atoms with Crippen molar-refractivity contribution in [3.8, 4) is 11.3 Å². The molecule has 0 fully saturated rings. The van der Waals surface area contributed by atoms with Crippen molar-refractivity contribution in [3.05, 3.63) is 46.6 Å². The van der Waals surface area contributed by atoms with Crippen LogP contribution in [0.1, 0.15) is 11.1 Å². The predicted molar refractivity (Wildman–Crippen MR) is 70.0 cm³/mol. The van der Waals surface area contributed by atoms with Crippen LogP contribution in [0, 0.1) is 0 Å². The number of nitrogens with two attached hydrogens (primary N) is 1. The quantitative estimate of drug-likeness (QED) is 0.835. The van der Waals surface area contributed by atoms with Crippen LogP contribution in [0.5, 0.6) is 0 Å². The second-order valence-corrected chi connectivity index (χ2v) is 4.53. The van der Waals surface area contributed by atoms with E-state index in [9.17, 15) is 13.2 Å². The third kappa shape index (κ3) is 2.86. The molecule has 1 aromatic carbocycles. The van der Waals surface area contributed by atoms with Crippen LogP contribution < -0.4 is 5.73 Å². The fraction of sp³-hybridized carbons (Fsp3) is 0.154. The van der Waals surface area contributed by atoms with Gasteiger partial charge in [0.1, 0.15) is 0 Å². The van der Waals surface area contributed by atoms with Crippen molar-refractivity contribution in [2.45, 2.75) is 12.8 Å². The third-order valence-corrected chi connectivity index (χ3v) is 3.04. The van der Waals surface area contributed by atoms with Gasteiger partial charge in [-0.2, -0.15) is 13.2 Å². The van der Waals surface area contributed by atoms with Gasteiger partial charge in [-0.1, -0.05) is 17.7 Å². The fourth-order valence-corrected chi connectivity index (χ4v) is 1.97. The van der Waals surface area contributed by atoms with E-state index in [1.165, 1.54) is 12.1 Å². The van der Waals surface area contributed by atoms with Crippen molar-refractivity contribution < 1.29 is 18.3 Å². The summed E-state index contributed by atoms with van der Waals surface area (Å²) < 4.78 is 37.6. The molecule has 0 amide bonds. The fourth-order valence-electron chi connectivity index (χ4n) is 1.70. The van der Waals surface area contributed by atoms with Crippen LogP contribution in [0.3, 0.4) is 0 Å². The number of nitrogens with zero attached hydrogens (tertiary/aromatic N) is 1. The van der Waals surface area contributed by atoms with Crippen molar-refractivity contribution in [2.75, 3.05) is 5.73 Å². The third-order valence-electron chi connectivity index (χ3n) is 2.76. The number of anilines is 1. The number of nitrogen functional groups attached to an aromatic ring is 1. The molecule has 0 atom stereocenters. The summed E-state index contributed by atoms with van der Waals surface area (Å²) in [5, 5.41) is 9.01. The second-order valence-electron chi connectivity index (χ2n) is 4.12. The lowest BCUT2D eigenvalue weighted by Crippen LogP contribution is -2.06. The molecule has 2 rings (SSSR count). The summed E-state index contributed by atoms with van der Waals surface area (Å²) in [7, 11) is 0. The van der Waals surface area contributed by atoms with E-state index in [1.54, 1.807) is 6.07 Å². The van der Waals surface area contributed by atoms with Crippen molar-refractivity contribution in [3.63, 3.8) is 0 Å². The summed E-state index contributed by atoms with van der Waals surface area (Å²) >= 11 is 5.85. The standard InChI is InChI=1S/C13H10ClF3N2O/c14-10-4-9(13(15,16)17)5-19-12(10)7-1-2-11(18)8(3-7)6-20/h1-5,20H,6,18H2. The van der Waals surface area contributed by atoms with Crippen LogP contribution in [0.4, 0.5) is 18.9 Å². The molecule has 0 aliphatic rings. The molecule has 0 aliphatic carbocycles. The van der Waals surface area contributed by atoms with Crippen molar-refractivity contribution in [1.29, 1.82) is 0 Å². The van der Waals surface area contributed by atoms with Gasteiger partial charge in [0, 0.05) is 23.0 Å². The molecule has 1 aromatic heterocycles. The van der Waals surface area contributed by atoms with Crippen molar-refractivity contribution in [2.24, 2.45) is 0 Å². The minimum absolute atomic E-state index is 0.117. The molecule has 3 nitrogen and oxygen atoms in total. The summed E-state index contributed by atoms with van der Waals surface area (Å²) in [5.74, 6) is 0. The lowest BCUT2D eigenvalue weighted by Gasteiger charge is -2.10. The average molecular weight is 303 g/mol. The summed E-state index contributed by atoms with van der Waals surface area (Å²) in [6.45, 7) is -0.280. The number of hydrogen-bond donors (Lipinski definition) is 2. The molecule has 20 heavy (non-hydrogen) atoms. The number of halogens is 4. The molecule has 0 spiro atoms. The summed E-state index contributed by atoms with van der Waals surface area (Å²) in [6.07, 6.45) is -3.78. The summed E-state index contributed by atoms with van der Waals surface area (Å²) in [6, 6.07) is 5.47. The number of pyridine rings is 1. The number of alkyl halides is 3. The number of aliphatic hydroxyl groups is 1. The zero-order valence-corrected chi connectivity index (χ0v) is 10.8. The van der Waals surface area contributed by atoms with E-state index >= 15 is 0 Å². The summed E-state index contributed by atoms with van der Waals surface area (Å²) in [5.41, 5.74) is 6.26. The number of benzene rings is 1. The Morgan fingerprint density at radius 1 is 1.25 bits per heavy atom. The van der Waals surface area contributed by atoms with Gasteiger partial charge < -0.3 is 10.8 Å². The van der Waals surface area contributed by atoms with Gasteiger partial charge >= 0.3 is 6.18 Å². The first-order valence-electron chi connectivity index (χ1n) is 5.55. The average Bonchev–Trinajstić information content (AvgIpc) is 2.38. The second kappa shape index (κ2) is 5.30. The molecular formula is C13H10ClF3N2O. The van der Waals surface area contributed by atoms with Gasteiger partial charge in [-0.15, -0.1) is 0 Å². The Kier molecular flexibility index (Phi) is 3.87. The van der Waals surface area contributed by atoms with E-state index in [2.05, 4.69) is 4.98 Å². The van der Waals surface area contributed by atoms with Gasteiger partial charge in [0.25, 0.3) is 0 Å². The smallest absolute Gasteiger partial charge is 0.398 e. The maximum absolute atomic E-state index is 12.5. The Labute approximate surface area is 117 Å². The predicted octanol–water partition coefficient (Wildman–Crippen LogP) is 3.50. The topological polar surface area (TPSA) is 59.1 Å². The van der Waals surface area contributed by atoms with E-state index in [4.69, 9.17) is 22.4 Å². The molecule has 0 unspecified atom stereocenters. The zero-order valence-electron chi connectivity index (χ0n) is 10.1. The molecule has 7 heteroatoms. The lowest BCUT2D eigenvalue weighted by molar-refractivity contribution is -0.137. The maximum Gasteiger partial charge on any atom is 0.417 e. The van der Waals surface area contributed by atoms with Gasteiger partial charge in [-0.3, -0.25) is 4.98 Å². The van der Waals surface area contributed by atoms with Crippen LogP contribution in [0.2, 0.25) is 5.02 Å². The Morgan fingerprint density at radius 2 is 1.95 bits per heavy atom. The molecule has 0 saturated heterocycles. The number of aliphatic hydroxyl groups excluding tert-OH is 1. The Morgan fingerprint density at radius 3 is 2.50 bits per heavy atom. The highest BCUT2D eigenvalue weighted by Crippen LogP contribution is 2.34. The van der Waals surface area contributed by atoms with E-state index in [0.717, 1.165) is 12.3 Å². The number of aromatic nitrogens is 1. The molecular weight excluding hydrogens is 293 g/mol. The normalized spacial score (nSPS) is 11.7. The van der Waals surface area contributed by atoms with E-state index in [1.807, 2.05) is 0 Å². The molecule has 3 N–H and O–H groups in total. The van der Waals surface area contributed by atoms with Crippen molar-refractivity contribution in [1.82, 2.24) is 4.98 Å². The lowest BCUT2D eigenvalue weighted by atomic mass is 10.1. The highest BCUT2D eigenvalue weighted by molar-refractivity contribution is 6.33. The van der Waals surface area contributed by atoms with Gasteiger partial charge in [-0.25, -0.2) is 0 Å². The highest BCUT2D eigenvalue weighted by atomic mass is 35.5. The Balaban J connectivity index is 2.49. The van der Waals surface area contributed by atoms with Gasteiger partial charge in [0.2, 0.25) is 0 Å². The first kappa shape index (κ1) is 14.6. The molecule has 0 aliphatic heterocycles. The van der Waals surface area contributed by atoms with E-state index in [-0.39, 0.29) is 17.3 Å². The molecule has 0 saturated carbocycles. The van der Waals surface area contributed by atoms with Crippen LogP contribution in [0.25, 0.3) is 11.3 Å². The Hall–Kier alpha value is -1.79.